The predicted molar refractivity (Wildman–Crippen MR) is 144 cm³/mol. The minimum Gasteiger partial charge on any atom is -0.329 e. The molecule has 0 bridgehead atoms. The zero-order valence-electron chi connectivity index (χ0n) is 20.3. The molecule has 0 radical (unpaired) electrons. The molecule has 2 heterocycles. The van der Waals surface area contributed by atoms with Gasteiger partial charge in [-0.15, -0.1) is 0 Å². The van der Waals surface area contributed by atoms with Crippen molar-refractivity contribution in [1.82, 2.24) is 0 Å². The fraction of sp³-hybridized carbons (Fsp3) is 0.194. The summed E-state index contributed by atoms with van der Waals surface area (Å²) in [6.07, 6.45) is 3.34. The van der Waals surface area contributed by atoms with Crippen molar-refractivity contribution in [2.75, 3.05) is 30.9 Å². The molecular formula is C31H30N3+. The lowest BCUT2D eigenvalue weighted by Gasteiger charge is -2.26. The molecule has 2 aliphatic heterocycles. The lowest BCUT2D eigenvalue weighted by atomic mass is 9.73. The van der Waals surface area contributed by atoms with Crippen LogP contribution in [0.1, 0.15) is 18.1 Å². The first kappa shape index (κ1) is 20.7. The normalized spacial score (nSPS) is 19.1. The highest BCUT2D eigenvalue weighted by atomic mass is 15.4. The standard InChI is InChI=1S/C31H30N3/c1-31(21-22-12-6-5-7-13-22)28(20-29-33(3)25-16-10-11-17-26(25)34(29)4)32(2)27-19-18-23-14-8-9-15-24(23)30(27)31/h5-20H,21H2,1-4H3/q+1. The van der Waals surface area contributed by atoms with E-state index in [9.17, 15) is 0 Å². The van der Waals surface area contributed by atoms with Crippen molar-refractivity contribution in [2.24, 2.45) is 0 Å². The molecule has 1 unspecified atom stereocenters. The molecule has 0 spiro atoms. The molecule has 0 saturated heterocycles. The summed E-state index contributed by atoms with van der Waals surface area (Å²) in [5.41, 5.74) is 7.70. The van der Waals surface area contributed by atoms with Gasteiger partial charge in [0.2, 0.25) is 5.69 Å². The molecule has 4 aromatic carbocycles. The number of fused-ring (bicyclic) bond motifs is 4. The summed E-state index contributed by atoms with van der Waals surface area (Å²) in [6, 6.07) is 32.9. The fourth-order valence-corrected chi connectivity index (χ4v) is 6.01. The van der Waals surface area contributed by atoms with Crippen molar-refractivity contribution in [2.45, 2.75) is 18.8 Å². The Kier molecular flexibility index (Phi) is 4.63. The third kappa shape index (κ3) is 2.93. The van der Waals surface area contributed by atoms with Gasteiger partial charge < -0.3 is 9.80 Å². The molecule has 4 aromatic rings. The van der Waals surface area contributed by atoms with Crippen LogP contribution in [0.4, 0.5) is 17.1 Å². The largest absolute Gasteiger partial charge is 0.329 e. The van der Waals surface area contributed by atoms with E-state index in [1.54, 1.807) is 0 Å². The van der Waals surface area contributed by atoms with Gasteiger partial charge in [0.25, 0.3) is 0 Å². The molecule has 34 heavy (non-hydrogen) atoms. The minimum atomic E-state index is -0.171. The second-order valence-corrected chi connectivity index (χ2v) is 9.73. The van der Waals surface area contributed by atoms with Crippen molar-refractivity contribution in [1.29, 1.82) is 0 Å². The first-order valence-electron chi connectivity index (χ1n) is 11.9. The van der Waals surface area contributed by atoms with Crippen LogP contribution in [0, 0.1) is 0 Å². The summed E-state index contributed by atoms with van der Waals surface area (Å²) >= 11 is 0. The van der Waals surface area contributed by atoms with E-state index < -0.39 is 0 Å². The first-order valence-corrected chi connectivity index (χ1v) is 11.9. The molecule has 0 N–H and O–H groups in total. The van der Waals surface area contributed by atoms with E-state index in [0.717, 1.165) is 6.42 Å². The maximum Gasteiger partial charge on any atom is 0.210 e. The van der Waals surface area contributed by atoms with Crippen molar-refractivity contribution in [3.8, 4) is 0 Å². The Morgan fingerprint density at radius 2 is 1.38 bits per heavy atom. The van der Waals surface area contributed by atoms with E-state index in [1.165, 1.54) is 50.5 Å². The van der Waals surface area contributed by atoms with E-state index in [-0.39, 0.29) is 5.41 Å². The lowest BCUT2D eigenvalue weighted by molar-refractivity contribution is -0.401. The zero-order valence-corrected chi connectivity index (χ0v) is 20.3. The smallest absolute Gasteiger partial charge is 0.210 e. The summed E-state index contributed by atoms with van der Waals surface area (Å²) in [7, 11) is 6.56. The summed E-state index contributed by atoms with van der Waals surface area (Å²) in [4.78, 5) is 4.61. The van der Waals surface area contributed by atoms with E-state index in [4.69, 9.17) is 0 Å². The topological polar surface area (TPSA) is 9.49 Å². The van der Waals surface area contributed by atoms with Gasteiger partial charge >= 0.3 is 0 Å². The zero-order chi connectivity index (χ0) is 23.4. The van der Waals surface area contributed by atoms with Gasteiger partial charge in [-0.05, 0) is 47.9 Å². The van der Waals surface area contributed by atoms with E-state index in [1.807, 2.05) is 0 Å². The van der Waals surface area contributed by atoms with Crippen LogP contribution in [-0.2, 0) is 11.8 Å². The highest BCUT2D eigenvalue weighted by molar-refractivity contribution is 6.09. The quantitative estimate of drug-likeness (QED) is 0.334. The Morgan fingerprint density at radius 1 is 0.765 bits per heavy atom. The van der Waals surface area contributed by atoms with Gasteiger partial charge in [-0.3, -0.25) is 0 Å². The van der Waals surface area contributed by atoms with Gasteiger partial charge in [0.15, 0.2) is 5.71 Å². The van der Waals surface area contributed by atoms with Crippen LogP contribution in [-0.4, -0.2) is 31.4 Å². The molecule has 0 saturated carbocycles. The SMILES string of the molecule is CN1C(=CC2=[N+](C)c3ccc4ccccc4c3C2(C)Cc2ccccc2)N(C)c2ccccc21. The molecule has 0 aliphatic carbocycles. The van der Waals surface area contributed by atoms with E-state index in [2.05, 4.69) is 140 Å². The lowest BCUT2D eigenvalue weighted by Crippen LogP contribution is -2.35. The molecule has 0 amide bonds. The number of benzene rings is 4. The molecule has 0 fully saturated rings. The van der Waals surface area contributed by atoms with Gasteiger partial charge in [-0.2, -0.15) is 4.58 Å². The van der Waals surface area contributed by atoms with Crippen LogP contribution in [0.3, 0.4) is 0 Å². The summed E-state index contributed by atoms with van der Waals surface area (Å²) in [5.74, 6) is 1.19. The van der Waals surface area contributed by atoms with E-state index >= 15 is 0 Å². The molecule has 3 nitrogen and oxygen atoms in total. The number of para-hydroxylation sites is 2. The molecule has 168 valence electrons. The highest BCUT2D eigenvalue weighted by Gasteiger charge is 2.48. The Labute approximate surface area is 201 Å². The Bertz CT molecular complexity index is 1450. The van der Waals surface area contributed by atoms with Gasteiger partial charge in [0.1, 0.15) is 12.9 Å². The number of allylic oxidation sites excluding steroid dienone is 1. The van der Waals surface area contributed by atoms with Crippen LogP contribution in [0.15, 0.2) is 103 Å². The number of nitrogens with zero attached hydrogens (tertiary/aromatic N) is 3. The van der Waals surface area contributed by atoms with Gasteiger partial charge in [-0.1, -0.05) is 66.7 Å². The predicted octanol–water partition coefficient (Wildman–Crippen LogP) is 6.50. The summed E-state index contributed by atoms with van der Waals surface area (Å²) < 4.78 is 2.41. The van der Waals surface area contributed by atoms with Gasteiger partial charge in [0.05, 0.1) is 16.8 Å². The van der Waals surface area contributed by atoms with Crippen molar-refractivity contribution < 1.29 is 4.58 Å². The van der Waals surface area contributed by atoms with E-state index in [0.29, 0.717) is 0 Å². The molecule has 3 heteroatoms. The monoisotopic (exact) mass is 444 g/mol. The van der Waals surface area contributed by atoms with Crippen molar-refractivity contribution in [3.63, 3.8) is 0 Å². The fourth-order valence-electron chi connectivity index (χ4n) is 6.01. The second-order valence-electron chi connectivity index (χ2n) is 9.73. The van der Waals surface area contributed by atoms with Crippen LogP contribution < -0.4 is 9.80 Å². The summed E-state index contributed by atoms with van der Waals surface area (Å²) in [5, 5.41) is 2.64. The average molecular weight is 445 g/mol. The Balaban J connectivity index is 1.57. The number of rotatable bonds is 3. The molecule has 0 aromatic heterocycles. The number of anilines is 2. The van der Waals surface area contributed by atoms with Crippen LogP contribution in [0.25, 0.3) is 10.8 Å². The maximum absolute atomic E-state index is 2.42. The Hall–Kier alpha value is -3.85. The second kappa shape index (κ2) is 7.59. The molecule has 6 rings (SSSR count). The van der Waals surface area contributed by atoms with Gasteiger partial charge in [0, 0.05) is 31.8 Å². The van der Waals surface area contributed by atoms with Gasteiger partial charge in [-0.25, -0.2) is 0 Å². The summed E-state index contributed by atoms with van der Waals surface area (Å²) in [6.45, 7) is 2.42. The average Bonchev–Trinajstić information content (AvgIpc) is 3.23. The third-order valence-electron chi connectivity index (χ3n) is 7.70. The minimum absolute atomic E-state index is 0.171. The molecule has 1 atom stereocenters. The number of hydrogen-bond donors (Lipinski definition) is 0. The Morgan fingerprint density at radius 3 is 2.09 bits per heavy atom. The van der Waals surface area contributed by atoms with Crippen molar-refractivity contribution >= 4 is 33.5 Å². The van der Waals surface area contributed by atoms with Crippen molar-refractivity contribution in [3.05, 3.63) is 114 Å². The molecule has 2 aliphatic rings. The number of hydrogen-bond acceptors (Lipinski definition) is 2. The highest BCUT2D eigenvalue weighted by Crippen LogP contribution is 2.47. The maximum atomic E-state index is 2.42. The van der Waals surface area contributed by atoms with Crippen LogP contribution in [0.5, 0.6) is 0 Å². The third-order valence-corrected chi connectivity index (χ3v) is 7.70. The van der Waals surface area contributed by atoms with Crippen LogP contribution in [0.2, 0.25) is 0 Å². The van der Waals surface area contributed by atoms with Crippen LogP contribution >= 0.6 is 0 Å². The molecular weight excluding hydrogens is 414 g/mol. The first-order chi connectivity index (χ1) is 16.5.